The molecule has 1 rings (SSSR count). The molecule has 0 aliphatic heterocycles. The summed E-state index contributed by atoms with van der Waals surface area (Å²) in [5.74, 6) is 0.864. The molecule has 0 saturated heterocycles. The minimum Gasteiger partial charge on any atom is -0.483 e. The maximum absolute atomic E-state index is 5.86. The molecule has 0 heterocycles. The third kappa shape index (κ3) is 3.70. The van der Waals surface area contributed by atoms with Gasteiger partial charge in [-0.1, -0.05) is 52.0 Å². The molecule has 1 aromatic rings. The fourth-order valence-electron chi connectivity index (χ4n) is 1.74. The van der Waals surface area contributed by atoms with Gasteiger partial charge in [-0.2, -0.15) is 0 Å². The van der Waals surface area contributed by atoms with E-state index in [1.807, 2.05) is 13.0 Å². The van der Waals surface area contributed by atoms with E-state index in [0.717, 1.165) is 17.7 Å². The highest BCUT2D eigenvalue weighted by Gasteiger charge is 2.17. The molecule has 18 heavy (non-hydrogen) atoms. The van der Waals surface area contributed by atoms with E-state index in [4.69, 9.17) is 22.7 Å². The van der Waals surface area contributed by atoms with Crippen LogP contribution in [0.2, 0.25) is 0 Å². The van der Waals surface area contributed by atoms with Crippen LogP contribution >= 0.6 is 12.2 Å². The van der Waals surface area contributed by atoms with Gasteiger partial charge in [-0.15, -0.1) is 0 Å². The van der Waals surface area contributed by atoms with E-state index in [1.165, 1.54) is 5.56 Å². The van der Waals surface area contributed by atoms with E-state index in [2.05, 4.69) is 39.8 Å². The average Bonchev–Trinajstić information content (AvgIpc) is 2.25. The molecule has 1 unspecified atom stereocenters. The molecule has 100 valence electrons. The minimum atomic E-state index is -0.181. The second-order valence-electron chi connectivity index (χ2n) is 5.65. The number of hydrogen-bond acceptors (Lipinski definition) is 2. The molecular weight excluding hydrogens is 242 g/mol. The topological polar surface area (TPSA) is 35.2 Å². The summed E-state index contributed by atoms with van der Waals surface area (Å²) in [4.78, 5) is 0.414. The summed E-state index contributed by atoms with van der Waals surface area (Å²) >= 11 is 5.00. The Morgan fingerprint density at radius 2 is 2.00 bits per heavy atom. The van der Waals surface area contributed by atoms with E-state index < -0.39 is 0 Å². The number of ether oxygens (including phenoxy) is 1. The zero-order valence-electron chi connectivity index (χ0n) is 11.9. The van der Waals surface area contributed by atoms with Gasteiger partial charge in [0.05, 0.1) is 0 Å². The molecule has 0 aliphatic carbocycles. The predicted octanol–water partition coefficient (Wildman–Crippen LogP) is 3.74. The van der Waals surface area contributed by atoms with Gasteiger partial charge in [0, 0.05) is 0 Å². The standard InChI is InChI=1S/C15H23NOS/c1-6-12(14(16)18)17-13-8-7-11(9-10(13)2)15(3,4)5/h7-9,12H,6H2,1-5H3,(H2,16,18). The Kier molecular flexibility index (Phi) is 4.74. The Morgan fingerprint density at radius 1 is 1.39 bits per heavy atom. The highest BCUT2D eigenvalue weighted by Crippen LogP contribution is 2.28. The van der Waals surface area contributed by atoms with E-state index in [0.29, 0.717) is 4.99 Å². The molecule has 0 aromatic heterocycles. The number of hydrogen-bond donors (Lipinski definition) is 1. The molecule has 2 N–H and O–H groups in total. The van der Waals surface area contributed by atoms with Gasteiger partial charge in [0.25, 0.3) is 0 Å². The van der Waals surface area contributed by atoms with Crippen LogP contribution in [0.5, 0.6) is 5.75 Å². The number of nitrogens with two attached hydrogens (primary N) is 1. The van der Waals surface area contributed by atoms with Crippen molar-refractivity contribution in [2.75, 3.05) is 0 Å². The molecule has 1 aromatic carbocycles. The zero-order chi connectivity index (χ0) is 13.9. The summed E-state index contributed by atoms with van der Waals surface area (Å²) in [6.07, 6.45) is 0.606. The first-order chi connectivity index (χ1) is 8.25. The minimum absolute atomic E-state index is 0.149. The van der Waals surface area contributed by atoms with Crippen LogP contribution in [0, 0.1) is 6.92 Å². The van der Waals surface area contributed by atoms with Crippen LogP contribution in [0.4, 0.5) is 0 Å². The van der Waals surface area contributed by atoms with Crippen LogP contribution in [0.1, 0.15) is 45.2 Å². The second-order valence-corrected chi connectivity index (χ2v) is 6.12. The van der Waals surface area contributed by atoms with Crippen LogP contribution in [0.3, 0.4) is 0 Å². The molecule has 3 heteroatoms. The van der Waals surface area contributed by atoms with Crippen molar-refractivity contribution in [3.63, 3.8) is 0 Å². The number of thiocarbonyl (C=S) groups is 1. The Bertz CT molecular complexity index is 435. The van der Waals surface area contributed by atoms with E-state index in [-0.39, 0.29) is 11.5 Å². The van der Waals surface area contributed by atoms with Gasteiger partial charge in [-0.25, -0.2) is 0 Å². The van der Waals surface area contributed by atoms with Crippen LogP contribution < -0.4 is 10.5 Å². The molecule has 0 fully saturated rings. The van der Waals surface area contributed by atoms with Crippen LogP contribution in [-0.4, -0.2) is 11.1 Å². The summed E-state index contributed by atoms with van der Waals surface area (Å²) in [6, 6.07) is 6.28. The zero-order valence-corrected chi connectivity index (χ0v) is 12.7. The Morgan fingerprint density at radius 3 is 2.39 bits per heavy atom. The molecule has 0 aliphatic rings. The highest BCUT2D eigenvalue weighted by molar-refractivity contribution is 7.80. The van der Waals surface area contributed by atoms with E-state index >= 15 is 0 Å². The molecule has 0 radical (unpaired) electrons. The van der Waals surface area contributed by atoms with Gasteiger partial charge in [0.2, 0.25) is 0 Å². The summed E-state index contributed by atoms with van der Waals surface area (Å²) < 4.78 is 5.86. The quantitative estimate of drug-likeness (QED) is 0.842. The summed E-state index contributed by atoms with van der Waals surface area (Å²) in [5.41, 5.74) is 8.22. The second kappa shape index (κ2) is 5.70. The molecule has 0 saturated carbocycles. The van der Waals surface area contributed by atoms with Crippen LogP contribution in [0.15, 0.2) is 18.2 Å². The first kappa shape index (κ1) is 15.0. The van der Waals surface area contributed by atoms with Crippen molar-refractivity contribution in [1.29, 1.82) is 0 Å². The lowest BCUT2D eigenvalue weighted by molar-refractivity contribution is 0.262. The predicted molar refractivity (Wildman–Crippen MR) is 81.4 cm³/mol. The largest absolute Gasteiger partial charge is 0.483 e. The lowest BCUT2D eigenvalue weighted by Crippen LogP contribution is -2.31. The van der Waals surface area contributed by atoms with Crippen molar-refractivity contribution >= 4 is 17.2 Å². The summed E-state index contributed by atoms with van der Waals surface area (Å²) in [7, 11) is 0. The van der Waals surface area contributed by atoms with Gasteiger partial charge in [-0.05, 0) is 36.0 Å². The molecular formula is C15H23NOS. The maximum Gasteiger partial charge on any atom is 0.148 e. The average molecular weight is 265 g/mol. The molecule has 0 spiro atoms. The van der Waals surface area contributed by atoms with Gasteiger partial charge in [0.15, 0.2) is 0 Å². The van der Waals surface area contributed by atoms with E-state index in [9.17, 15) is 0 Å². The summed E-state index contributed by atoms with van der Waals surface area (Å²) in [6.45, 7) is 10.7. The van der Waals surface area contributed by atoms with Crippen LogP contribution in [0.25, 0.3) is 0 Å². The third-order valence-corrected chi connectivity index (χ3v) is 3.26. The van der Waals surface area contributed by atoms with Crippen molar-refractivity contribution in [1.82, 2.24) is 0 Å². The van der Waals surface area contributed by atoms with Crippen molar-refractivity contribution in [3.05, 3.63) is 29.3 Å². The van der Waals surface area contributed by atoms with Crippen molar-refractivity contribution in [3.8, 4) is 5.75 Å². The van der Waals surface area contributed by atoms with Crippen LogP contribution in [-0.2, 0) is 5.41 Å². The Balaban J connectivity index is 2.96. The lowest BCUT2D eigenvalue weighted by Gasteiger charge is -2.22. The lowest BCUT2D eigenvalue weighted by atomic mass is 9.86. The summed E-state index contributed by atoms with van der Waals surface area (Å²) in [5, 5.41) is 0. The fraction of sp³-hybridized carbons (Fsp3) is 0.533. The van der Waals surface area contributed by atoms with Gasteiger partial charge in [-0.3, -0.25) is 0 Å². The maximum atomic E-state index is 5.86. The van der Waals surface area contributed by atoms with Crippen molar-refractivity contribution < 1.29 is 4.74 Å². The molecule has 1 atom stereocenters. The third-order valence-electron chi connectivity index (χ3n) is 3.00. The molecule has 2 nitrogen and oxygen atoms in total. The number of aryl methyl sites for hydroxylation is 1. The number of rotatable bonds is 4. The fourth-order valence-corrected chi connectivity index (χ4v) is 1.96. The Hall–Kier alpha value is -1.09. The number of benzene rings is 1. The SMILES string of the molecule is CCC(Oc1ccc(C(C)(C)C)cc1C)C(N)=S. The highest BCUT2D eigenvalue weighted by atomic mass is 32.1. The molecule has 0 amide bonds. The normalized spacial score (nSPS) is 13.2. The van der Waals surface area contributed by atoms with Gasteiger partial charge >= 0.3 is 0 Å². The van der Waals surface area contributed by atoms with Crippen molar-refractivity contribution in [2.45, 2.75) is 52.6 Å². The Labute approximate surface area is 116 Å². The van der Waals surface area contributed by atoms with Crippen molar-refractivity contribution in [2.24, 2.45) is 5.73 Å². The smallest absolute Gasteiger partial charge is 0.148 e. The van der Waals surface area contributed by atoms with E-state index in [1.54, 1.807) is 0 Å². The van der Waals surface area contributed by atoms with Gasteiger partial charge < -0.3 is 10.5 Å². The first-order valence-corrected chi connectivity index (χ1v) is 6.73. The van der Waals surface area contributed by atoms with Gasteiger partial charge in [0.1, 0.15) is 16.8 Å². The molecule has 0 bridgehead atoms. The first-order valence-electron chi connectivity index (χ1n) is 6.32. The monoisotopic (exact) mass is 265 g/mol.